The van der Waals surface area contributed by atoms with Crippen LogP contribution in [0.5, 0.6) is 0 Å². The molecular formula is C19H25N5O2. The average molecular weight is 355 g/mol. The minimum atomic E-state index is -0.107. The number of nitrogens with one attached hydrogen (secondary N) is 1. The number of aliphatic hydroxyl groups is 1. The van der Waals surface area contributed by atoms with Crippen LogP contribution in [0, 0.1) is 0 Å². The number of rotatable bonds is 5. The molecule has 1 aromatic carbocycles. The van der Waals surface area contributed by atoms with Gasteiger partial charge in [-0.2, -0.15) is 0 Å². The maximum Gasteiger partial charge on any atom is 0.253 e. The van der Waals surface area contributed by atoms with Crippen LogP contribution in [-0.2, 0) is 13.7 Å². The molecule has 7 heteroatoms. The molecule has 2 N–H and O–H groups in total. The van der Waals surface area contributed by atoms with E-state index in [0.717, 1.165) is 43.0 Å². The van der Waals surface area contributed by atoms with E-state index in [0.29, 0.717) is 5.82 Å². The van der Waals surface area contributed by atoms with Gasteiger partial charge in [0.2, 0.25) is 0 Å². The molecule has 1 aromatic heterocycles. The van der Waals surface area contributed by atoms with Gasteiger partial charge in [-0.25, -0.2) is 0 Å². The second-order valence-electron chi connectivity index (χ2n) is 7.24. The second-order valence-corrected chi connectivity index (χ2v) is 7.24. The topological polar surface area (TPSA) is 83.3 Å². The number of benzene rings is 1. The zero-order valence-electron chi connectivity index (χ0n) is 15.1. The van der Waals surface area contributed by atoms with Crippen LogP contribution in [0.3, 0.4) is 0 Å². The minimum Gasteiger partial charge on any atom is -0.388 e. The van der Waals surface area contributed by atoms with Crippen LogP contribution in [0.15, 0.2) is 24.3 Å². The number of hydrogen-bond acceptors (Lipinski definition) is 5. The summed E-state index contributed by atoms with van der Waals surface area (Å²) in [5.41, 5.74) is 1.80. The lowest BCUT2D eigenvalue weighted by Gasteiger charge is -2.35. The van der Waals surface area contributed by atoms with E-state index < -0.39 is 0 Å². The molecule has 2 aromatic rings. The third kappa shape index (κ3) is 3.07. The van der Waals surface area contributed by atoms with Crippen LogP contribution >= 0.6 is 0 Å². The molecule has 26 heavy (non-hydrogen) atoms. The Morgan fingerprint density at radius 3 is 2.65 bits per heavy atom. The van der Waals surface area contributed by atoms with Gasteiger partial charge in [-0.1, -0.05) is 12.1 Å². The van der Waals surface area contributed by atoms with E-state index in [1.165, 1.54) is 12.8 Å². The summed E-state index contributed by atoms with van der Waals surface area (Å²) in [5.74, 6) is 1.75. The largest absolute Gasteiger partial charge is 0.388 e. The van der Waals surface area contributed by atoms with E-state index in [1.54, 1.807) is 0 Å². The predicted molar refractivity (Wildman–Crippen MR) is 98.0 cm³/mol. The fourth-order valence-corrected chi connectivity index (χ4v) is 3.98. The van der Waals surface area contributed by atoms with E-state index >= 15 is 0 Å². The van der Waals surface area contributed by atoms with E-state index in [-0.39, 0.29) is 24.5 Å². The Bertz CT molecular complexity index is 791. The van der Waals surface area contributed by atoms with Crippen molar-refractivity contribution in [3.63, 3.8) is 0 Å². The van der Waals surface area contributed by atoms with Gasteiger partial charge in [0.15, 0.2) is 5.82 Å². The molecule has 138 valence electrons. The first-order valence-electron chi connectivity index (χ1n) is 9.31. The zero-order valence-corrected chi connectivity index (χ0v) is 15.1. The summed E-state index contributed by atoms with van der Waals surface area (Å²) in [6.07, 6.45) is 4.09. The van der Waals surface area contributed by atoms with Crippen molar-refractivity contribution in [2.24, 2.45) is 7.05 Å². The van der Waals surface area contributed by atoms with Crippen molar-refractivity contribution in [2.75, 3.05) is 18.0 Å². The third-order valence-corrected chi connectivity index (χ3v) is 5.57. The molecule has 2 aliphatic rings. The Balaban J connectivity index is 1.39. The number of anilines is 1. The molecule has 2 fully saturated rings. The van der Waals surface area contributed by atoms with E-state index in [9.17, 15) is 9.90 Å². The quantitative estimate of drug-likeness (QED) is 0.851. The molecule has 1 saturated carbocycles. The van der Waals surface area contributed by atoms with Gasteiger partial charge < -0.3 is 19.9 Å². The summed E-state index contributed by atoms with van der Waals surface area (Å²) in [7, 11) is 1.87. The van der Waals surface area contributed by atoms with Crippen molar-refractivity contribution in [2.45, 2.75) is 44.2 Å². The Morgan fingerprint density at radius 2 is 1.96 bits per heavy atom. The highest BCUT2D eigenvalue weighted by Gasteiger charge is 2.35. The number of aliphatic hydroxyl groups excluding tert-OH is 1. The second kappa shape index (κ2) is 7.07. The first kappa shape index (κ1) is 17.0. The molecule has 1 aliphatic carbocycles. The highest BCUT2D eigenvalue weighted by molar-refractivity contribution is 6.00. The summed E-state index contributed by atoms with van der Waals surface area (Å²) >= 11 is 0. The lowest BCUT2D eigenvalue weighted by molar-refractivity contribution is 0.0907. The SMILES string of the molecule is Cn1c(CO)nnc1C1CC(NC(=O)c2ccccc2N2CCCC2)C1. The van der Waals surface area contributed by atoms with Crippen molar-refractivity contribution in [1.29, 1.82) is 0 Å². The van der Waals surface area contributed by atoms with Crippen molar-refractivity contribution >= 4 is 11.6 Å². The average Bonchev–Trinajstić information content (AvgIpc) is 3.27. The predicted octanol–water partition coefficient (Wildman–Crippen LogP) is 1.58. The van der Waals surface area contributed by atoms with Crippen LogP contribution in [-0.4, -0.2) is 44.9 Å². The smallest absolute Gasteiger partial charge is 0.253 e. The molecule has 1 saturated heterocycles. The van der Waals surface area contributed by atoms with Crippen molar-refractivity contribution in [1.82, 2.24) is 20.1 Å². The van der Waals surface area contributed by atoms with Crippen LogP contribution in [0.1, 0.15) is 53.6 Å². The number of hydrogen-bond donors (Lipinski definition) is 2. The number of nitrogens with zero attached hydrogens (tertiary/aromatic N) is 4. The van der Waals surface area contributed by atoms with Gasteiger partial charge in [-0.15, -0.1) is 10.2 Å². The number of amides is 1. The van der Waals surface area contributed by atoms with E-state index in [4.69, 9.17) is 0 Å². The molecule has 2 heterocycles. The molecule has 1 aliphatic heterocycles. The molecular weight excluding hydrogens is 330 g/mol. The summed E-state index contributed by atoms with van der Waals surface area (Å²) in [5, 5.41) is 20.6. The molecule has 0 radical (unpaired) electrons. The van der Waals surface area contributed by atoms with Crippen molar-refractivity contribution < 1.29 is 9.90 Å². The molecule has 1 amide bonds. The van der Waals surface area contributed by atoms with Gasteiger partial charge >= 0.3 is 0 Å². The van der Waals surface area contributed by atoms with Crippen molar-refractivity contribution in [3.8, 4) is 0 Å². The lowest BCUT2D eigenvalue weighted by atomic mass is 9.79. The first-order valence-corrected chi connectivity index (χ1v) is 9.31. The standard InChI is InChI=1S/C19H25N5O2/c1-23-17(12-25)21-22-18(23)13-10-14(11-13)20-19(26)15-6-2-3-7-16(15)24-8-4-5-9-24/h2-3,6-7,13-14,25H,4-5,8-12H2,1H3,(H,20,26). The third-order valence-electron chi connectivity index (χ3n) is 5.57. The Hall–Kier alpha value is -2.41. The number of aromatic nitrogens is 3. The van der Waals surface area contributed by atoms with Crippen LogP contribution < -0.4 is 10.2 Å². The highest BCUT2D eigenvalue weighted by atomic mass is 16.3. The molecule has 0 unspecified atom stereocenters. The maximum atomic E-state index is 12.8. The zero-order chi connectivity index (χ0) is 18.1. The van der Waals surface area contributed by atoms with Gasteiger partial charge in [0.05, 0.1) is 5.56 Å². The van der Waals surface area contributed by atoms with Gasteiger partial charge in [0, 0.05) is 37.8 Å². The van der Waals surface area contributed by atoms with Gasteiger partial charge in [0.25, 0.3) is 5.91 Å². The van der Waals surface area contributed by atoms with Crippen molar-refractivity contribution in [3.05, 3.63) is 41.5 Å². The van der Waals surface area contributed by atoms with Gasteiger partial charge in [0.1, 0.15) is 12.4 Å². The maximum absolute atomic E-state index is 12.8. The summed E-state index contributed by atoms with van der Waals surface area (Å²) in [6.45, 7) is 1.94. The Morgan fingerprint density at radius 1 is 1.23 bits per heavy atom. The van der Waals surface area contributed by atoms with Crippen LogP contribution in [0.2, 0.25) is 0 Å². The number of carbonyl (C=O) groups excluding carboxylic acids is 1. The van der Waals surface area contributed by atoms with E-state index in [2.05, 4.69) is 20.4 Å². The number of carbonyl (C=O) groups is 1. The Kier molecular flexibility index (Phi) is 4.63. The van der Waals surface area contributed by atoms with E-state index in [1.807, 2.05) is 35.9 Å². The molecule has 7 nitrogen and oxygen atoms in total. The number of para-hydroxylation sites is 1. The fraction of sp³-hybridized carbons (Fsp3) is 0.526. The molecule has 0 bridgehead atoms. The summed E-state index contributed by atoms with van der Waals surface area (Å²) in [6, 6.07) is 8.04. The van der Waals surface area contributed by atoms with Gasteiger partial charge in [-0.05, 0) is 37.8 Å². The summed E-state index contributed by atoms with van der Waals surface area (Å²) < 4.78 is 1.85. The van der Waals surface area contributed by atoms with Gasteiger partial charge in [-0.3, -0.25) is 4.79 Å². The fourth-order valence-electron chi connectivity index (χ4n) is 3.98. The first-order chi connectivity index (χ1) is 12.7. The summed E-state index contributed by atoms with van der Waals surface area (Å²) in [4.78, 5) is 15.1. The van der Waals surface area contributed by atoms with Crippen LogP contribution in [0.4, 0.5) is 5.69 Å². The normalized spacial score (nSPS) is 22.3. The molecule has 4 rings (SSSR count). The lowest BCUT2D eigenvalue weighted by Crippen LogP contribution is -2.44. The molecule has 0 spiro atoms. The Labute approximate surface area is 153 Å². The highest BCUT2D eigenvalue weighted by Crippen LogP contribution is 2.36. The van der Waals surface area contributed by atoms with Crippen LogP contribution in [0.25, 0.3) is 0 Å². The monoisotopic (exact) mass is 355 g/mol. The minimum absolute atomic E-state index is 0.00459. The molecule has 0 atom stereocenters.